The first-order valence-corrected chi connectivity index (χ1v) is 8.65. The van der Waals surface area contributed by atoms with Gasteiger partial charge in [0.2, 0.25) is 5.82 Å². The number of halogens is 4. The number of hydrogen-bond acceptors (Lipinski definition) is 6. The molecule has 0 saturated heterocycles. The average Bonchev–Trinajstić information content (AvgIpc) is 3.13. The highest BCUT2D eigenvalue weighted by Crippen LogP contribution is 2.30. The van der Waals surface area contributed by atoms with Gasteiger partial charge in [0.1, 0.15) is 5.75 Å². The SMILES string of the molecule is O=C(COc1cccc(Br)c1)OCc1nc(-c2ccc(C(F)(F)F)cc2)no1. The second-order valence-corrected chi connectivity index (χ2v) is 6.41. The Kier molecular flexibility index (Phi) is 5.98. The first-order valence-electron chi connectivity index (χ1n) is 7.85. The van der Waals surface area contributed by atoms with Crippen molar-refractivity contribution in [3.05, 3.63) is 64.5 Å². The second-order valence-electron chi connectivity index (χ2n) is 5.49. The van der Waals surface area contributed by atoms with E-state index < -0.39 is 17.7 Å². The van der Waals surface area contributed by atoms with Crippen molar-refractivity contribution in [1.29, 1.82) is 0 Å². The van der Waals surface area contributed by atoms with Crippen molar-refractivity contribution in [3.8, 4) is 17.1 Å². The number of esters is 1. The van der Waals surface area contributed by atoms with Crippen LogP contribution in [0.1, 0.15) is 11.5 Å². The summed E-state index contributed by atoms with van der Waals surface area (Å²) in [5.74, 6) is -0.0566. The molecule has 0 aliphatic rings. The molecule has 0 amide bonds. The van der Waals surface area contributed by atoms with Gasteiger partial charge in [-0.15, -0.1) is 0 Å². The van der Waals surface area contributed by atoms with Crippen molar-refractivity contribution in [2.45, 2.75) is 12.8 Å². The van der Waals surface area contributed by atoms with E-state index in [1.807, 2.05) is 6.07 Å². The Hall–Kier alpha value is -2.88. The summed E-state index contributed by atoms with van der Waals surface area (Å²) in [6, 6.07) is 11.3. The molecule has 0 radical (unpaired) electrons. The summed E-state index contributed by atoms with van der Waals surface area (Å²) in [6.45, 7) is -0.593. The predicted molar refractivity (Wildman–Crippen MR) is 94.2 cm³/mol. The number of ether oxygens (including phenoxy) is 2. The van der Waals surface area contributed by atoms with E-state index in [0.717, 1.165) is 16.6 Å². The van der Waals surface area contributed by atoms with Gasteiger partial charge in [-0.05, 0) is 30.3 Å². The molecule has 1 heterocycles. The second kappa shape index (κ2) is 8.42. The van der Waals surface area contributed by atoms with Crippen molar-refractivity contribution in [1.82, 2.24) is 10.1 Å². The lowest BCUT2D eigenvalue weighted by molar-refractivity contribution is -0.148. The first kappa shape index (κ1) is 19.9. The summed E-state index contributed by atoms with van der Waals surface area (Å²) in [7, 11) is 0. The lowest BCUT2D eigenvalue weighted by Crippen LogP contribution is -2.14. The Balaban J connectivity index is 1.52. The van der Waals surface area contributed by atoms with Gasteiger partial charge in [0.15, 0.2) is 13.2 Å². The fraction of sp³-hybridized carbons (Fsp3) is 0.167. The Morgan fingerprint density at radius 2 is 1.89 bits per heavy atom. The van der Waals surface area contributed by atoms with Crippen molar-refractivity contribution >= 4 is 21.9 Å². The molecule has 0 saturated carbocycles. The molecule has 6 nitrogen and oxygen atoms in total. The van der Waals surface area contributed by atoms with Crippen molar-refractivity contribution in [3.63, 3.8) is 0 Å². The number of carbonyl (C=O) groups excluding carboxylic acids is 1. The fourth-order valence-electron chi connectivity index (χ4n) is 2.12. The highest BCUT2D eigenvalue weighted by Gasteiger charge is 2.30. The van der Waals surface area contributed by atoms with Crippen LogP contribution in [0, 0.1) is 0 Å². The van der Waals surface area contributed by atoms with Gasteiger partial charge < -0.3 is 14.0 Å². The molecule has 0 unspecified atom stereocenters. The molecule has 1 aromatic heterocycles. The zero-order valence-electron chi connectivity index (χ0n) is 14.1. The molecule has 0 aliphatic heterocycles. The topological polar surface area (TPSA) is 74.5 Å². The van der Waals surface area contributed by atoms with E-state index in [9.17, 15) is 18.0 Å². The minimum absolute atomic E-state index is 0.00528. The largest absolute Gasteiger partial charge is 0.482 e. The van der Waals surface area contributed by atoms with E-state index in [0.29, 0.717) is 11.3 Å². The maximum absolute atomic E-state index is 12.6. The maximum atomic E-state index is 12.6. The van der Waals surface area contributed by atoms with Crippen molar-refractivity contribution in [2.75, 3.05) is 6.61 Å². The Bertz CT molecular complexity index is 958. The number of rotatable bonds is 6. The number of hydrogen-bond donors (Lipinski definition) is 0. The molecule has 3 rings (SSSR count). The molecule has 0 aliphatic carbocycles. The van der Waals surface area contributed by atoms with Crippen LogP contribution < -0.4 is 4.74 Å². The minimum atomic E-state index is -4.42. The van der Waals surface area contributed by atoms with Gasteiger partial charge >= 0.3 is 12.1 Å². The molecule has 28 heavy (non-hydrogen) atoms. The Morgan fingerprint density at radius 3 is 2.57 bits per heavy atom. The highest BCUT2D eigenvalue weighted by atomic mass is 79.9. The Morgan fingerprint density at radius 1 is 1.14 bits per heavy atom. The predicted octanol–water partition coefficient (Wildman–Crippen LogP) is 4.64. The number of aromatic nitrogens is 2. The van der Waals surface area contributed by atoms with Crippen LogP contribution in [0.25, 0.3) is 11.4 Å². The monoisotopic (exact) mass is 456 g/mol. The molecule has 0 N–H and O–H groups in total. The summed E-state index contributed by atoms with van der Waals surface area (Å²) < 4.78 is 53.7. The fourth-order valence-corrected chi connectivity index (χ4v) is 2.50. The standard InChI is InChI=1S/C18H12BrF3N2O4/c19-13-2-1-3-14(8-13)26-10-16(25)27-9-15-23-17(24-28-15)11-4-6-12(7-5-11)18(20,21)22/h1-8H,9-10H2. The van der Waals surface area contributed by atoms with Crippen molar-refractivity contribution in [2.24, 2.45) is 0 Å². The van der Waals surface area contributed by atoms with Gasteiger partial charge in [-0.25, -0.2) is 4.79 Å². The van der Waals surface area contributed by atoms with Crippen LogP contribution in [-0.4, -0.2) is 22.7 Å². The van der Waals surface area contributed by atoms with Crippen LogP contribution in [-0.2, 0) is 22.3 Å². The number of benzene rings is 2. The third kappa shape index (κ3) is 5.32. The maximum Gasteiger partial charge on any atom is 0.416 e. The van der Waals surface area contributed by atoms with E-state index in [1.165, 1.54) is 12.1 Å². The smallest absolute Gasteiger partial charge is 0.416 e. The molecule has 146 valence electrons. The molecule has 3 aromatic rings. The summed E-state index contributed by atoms with van der Waals surface area (Å²) in [4.78, 5) is 15.7. The average molecular weight is 457 g/mol. The third-order valence-corrected chi connectivity index (χ3v) is 3.94. The van der Waals surface area contributed by atoms with E-state index in [4.69, 9.17) is 14.0 Å². The van der Waals surface area contributed by atoms with E-state index in [2.05, 4.69) is 26.1 Å². The summed E-state index contributed by atoms with van der Waals surface area (Å²) in [5, 5.41) is 3.66. The number of carbonyl (C=O) groups is 1. The van der Waals surface area contributed by atoms with Gasteiger partial charge in [0.25, 0.3) is 5.89 Å². The van der Waals surface area contributed by atoms with E-state index in [-0.39, 0.29) is 24.9 Å². The lowest BCUT2D eigenvalue weighted by Gasteiger charge is -2.06. The highest BCUT2D eigenvalue weighted by molar-refractivity contribution is 9.10. The van der Waals surface area contributed by atoms with Crippen LogP contribution in [0.5, 0.6) is 5.75 Å². The lowest BCUT2D eigenvalue weighted by atomic mass is 10.1. The van der Waals surface area contributed by atoms with Crippen LogP contribution in [0.4, 0.5) is 13.2 Å². The number of alkyl halides is 3. The van der Waals surface area contributed by atoms with Crippen LogP contribution in [0.3, 0.4) is 0 Å². The van der Waals surface area contributed by atoms with Crippen LogP contribution >= 0.6 is 15.9 Å². The Labute approximate surface area is 165 Å². The normalized spacial score (nSPS) is 11.3. The summed E-state index contributed by atoms with van der Waals surface area (Å²) in [5.41, 5.74) is -0.438. The molecule has 0 fully saturated rings. The van der Waals surface area contributed by atoms with Gasteiger partial charge in [-0.2, -0.15) is 18.2 Å². The summed E-state index contributed by atoms with van der Waals surface area (Å²) in [6.07, 6.45) is -4.42. The molecule has 2 aromatic carbocycles. The van der Waals surface area contributed by atoms with Crippen LogP contribution in [0.15, 0.2) is 57.5 Å². The molecular weight excluding hydrogens is 445 g/mol. The quantitative estimate of drug-likeness (QED) is 0.503. The minimum Gasteiger partial charge on any atom is -0.482 e. The zero-order chi connectivity index (χ0) is 20.1. The number of nitrogens with zero attached hydrogens (tertiary/aromatic N) is 2. The molecule has 0 bridgehead atoms. The van der Waals surface area contributed by atoms with Gasteiger partial charge in [0, 0.05) is 10.0 Å². The van der Waals surface area contributed by atoms with Crippen molar-refractivity contribution < 1.29 is 32.0 Å². The van der Waals surface area contributed by atoms with Gasteiger partial charge in [-0.1, -0.05) is 39.3 Å². The summed E-state index contributed by atoms with van der Waals surface area (Å²) >= 11 is 3.29. The molecular formula is C18H12BrF3N2O4. The first-order chi connectivity index (χ1) is 13.3. The van der Waals surface area contributed by atoms with E-state index >= 15 is 0 Å². The molecule has 0 atom stereocenters. The zero-order valence-corrected chi connectivity index (χ0v) is 15.7. The van der Waals surface area contributed by atoms with E-state index in [1.54, 1.807) is 18.2 Å². The molecule has 10 heteroatoms. The van der Waals surface area contributed by atoms with Gasteiger partial charge in [0.05, 0.1) is 5.56 Å². The van der Waals surface area contributed by atoms with Crippen LogP contribution in [0.2, 0.25) is 0 Å². The third-order valence-electron chi connectivity index (χ3n) is 3.45. The molecule has 0 spiro atoms. The van der Waals surface area contributed by atoms with Gasteiger partial charge in [-0.3, -0.25) is 0 Å².